The van der Waals surface area contributed by atoms with Crippen LogP contribution in [0.15, 0.2) is 36.4 Å². The highest BCUT2D eigenvalue weighted by Crippen LogP contribution is 2.00. The summed E-state index contributed by atoms with van der Waals surface area (Å²) in [5.74, 6) is 0. The number of alkyl halides is 1. The van der Waals surface area contributed by atoms with E-state index < -0.39 is 0 Å². The van der Waals surface area contributed by atoms with Gasteiger partial charge in [0.25, 0.3) is 0 Å². The molecule has 0 aromatic heterocycles. The minimum atomic E-state index is 0.249. The number of halogens is 1. The van der Waals surface area contributed by atoms with E-state index in [1.807, 2.05) is 42.5 Å². The molecular formula is C10H11ClO. The Bertz CT molecular complexity index is 231. The molecule has 0 aliphatic heterocycles. The molecule has 12 heavy (non-hydrogen) atoms. The molecule has 0 bridgehead atoms. The molecule has 1 aromatic carbocycles. The minimum Gasteiger partial charge on any atom is -0.362 e. The summed E-state index contributed by atoms with van der Waals surface area (Å²) in [6.07, 6.45) is 3.95. The summed E-state index contributed by atoms with van der Waals surface area (Å²) in [5, 5.41) is 0. The third-order valence-electron chi connectivity index (χ3n) is 1.40. The van der Waals surface area contributed by atoms with E-state index in [0.29, 0.717) is 6.61 Å². The normalized spacial score (nSPS) is 10.8. The molecule has 1 rings (SSSR count). The van der Waals surface area contributed by atoms with Gasteiger partial charge in [-0.05, 0) is 5.56 Å². The lowest BCUT2D eigenvalue weighted by Crippen LogP contribution is -1.85. The molecule has 0 heterocycles. The van der Waals surface area contributed by atoms with Crippen molar-refractivity contribution in [2.24, 2.45) is 0 Å². The fourth-order valence-corrected chi connectivity index (χ4v) is 0.950. The first kappa shape index (κ1) is 9.30. The Kier molecular flexibility index (Phi) is 4.50. The zero-order valence-corrected chi connectivity index (χ0v) is 7.50. The Morgan fingerprint density at radius 1 is 1.25 bits per heavy atom. The van der Waals surface area contributed by atoms with Crippen LogP contribution < -0.4 is 0 Å². The van der Waals surface area contributed by atoms with Crippen LogP contribution in [0.2, 0.25) is 0 Å². The van der Waals surface area contributed by atoms with Crippen molar-refractivity contribution >= 4 is 17.7 Å². The van der Waals surface area contributed by atoms with E-state index in [2.05, 4.69) is 0 Å². The first-order valence-electron chi connectivity index (χ1n) is 3.79. The molecule has 64 valence electrons. The Morgan fingerprint density at radius 3 is 2.67 bits per heavy atom. The van der Waals surface area contributed by atoms with Gasteiger partial charge in [-0.2, -0.15) is 0 Å². The molecule has 2 heteroatoms. The van der Waals surface area contributed by atoms with Gasteiger partial charge >= 0.3 is 0 Å². The van der Waals surface area contributed by atoms with Crippen molar-refractivity contribution in [1.29, 1.82) is 0 Å². The summed E-state index contributed by atoms with van der Waals surface area (Å²) in [4.78, 5) is 0. The van der Waals surface area contributed by atoms with Crippen LogP contribution in [0.25, 0.3) is 6.08 Å². The number of hydrogen-bond acceptors (Lipinski definition) is 1. The lowest BCUT2D eigenvalue weighted by molar-refractivity contribution is 0.213. The molecule has 0 spiro atoms. The van der Waals surface area contributed by atoms with Crippen LogP contribution in [0.5, 0.6) is 0 Å². The first-order chi connectivity index (χ1) is 5.93. The van der Waals surface area contributed by atoms with Gasteiger partial charge in [0.1, 0.15) is 6.07 Å². The Labute approximate surface area is 77.6 Å². The lowest BCUT2D eigenvalue weighted by atomic mass is 10.2. The molecule has 1 aromatic rings. The van der Waals surface area contributed by atoms with Gasteiger partial charge in [-0.15, -0.1) is 0 Å². The Morgan fingerprint density at radius 2 is 2.00 bits per heavy atom. The van der Waals surface area contributed by atoms with Crippen molar-refractivity contribution in [3.05, 3.63) is 42.0 Å². The van der Waals surface area contributed by atoms with Gasteiger partial charge < -0.3 is 4.74 Å². The maximum Gasteiger partial charge on any atom is 0.121 e. The van der Waals surface area contributed by atoms with E-state index in [-0.39, 0.29) is 6.07 Å². The molecule has 0 saturated heterocycles. The van der Waals surface area contributed by atoms with Gasteiger partial charge in [0, 0.05) is 0 Å². The highest BCUT2D eigenvalue weighted by atomic mass is 35.5. The van der Waals surface area contributed by atoms with Gasteiger partial charge in [-0.3, -0.25) is 0 Å². The maximum absolute atomic E-state index is 5.33. The number of ether oxygens (including phenoxy) is 1. The van der Waals surface area contributed by atoms with E-state index in [4.69, 9.17) is 16.3 Å². The third-order valence-corrected chi connectivity index (χ3v) is 1.56. The molecule has 0 fully saturated rings. The second-order valence-corrected chi connectivity index (χ2v) is 2.51. The second-order valence-electron chi connectivity index (χ2n) is 2.29. The minimum absolute atomic E-state index is 0.249. The van der Waals surface area contributed by atoms with Crippen LogP contribution in [-0.2, 0) is 4.74 Å². The van der Waals surface area contributed by atoms with Crippen molar-refractivity contribution in [2.45, 2.75) is 0 Å². The molecule has 1 nitrogen and oxygen atoms in total. The quantitative estimate of drug-likeness (QED) is 0.514. The predicted octanol–water partition coefficient (Wildman–Crippen LogP) is 2.91. The maximum atomic E-state index is 5.33. The Balaban J connectivity index is 2.36. The molecule has 0 unspecified atom stereocenters. The second kappa shape index (κ2) is 5.81. The largest absolute Gasteiger partial charge is 0.362 e. The predicted molar refractivity (Wildman–Crippen MR) is 52.1 cm³/mol. The standard InChI is InChI=1S/C10H11ClO/c11-9-12-8-4-7-10-5-2-1-3-6-10/h1-7H,8-9H2/b7-4+. The molecule has 0 aliphatic rings. The molecule has 0 radical (unpaired) electrons. The average molecular weight is 183 g/mol. The smallest absolute Gasteiger partial charge is 0.121 e. The SMILES string of the molecule is ClCOC/C=C/c1ccccc1. The third kappa shape index (κ3) is 3.56. The summed E-state index contributed by atoms with van der Waals surface area (Å²) >= 11 is 5.33. The highest BCUT2D eigenvalue weighted by Gasteiger charge is 1.81. The average Bonchev–Trinajstić information content (AvgIpc) is 2.14. The van der Waals surface area contributed by atoms with Crippen molar-refractivity contribution in [1.82, 2.24) is 0 Å². The summed E-state index contributed by atoms with van der Waals surface area (Å²) in [6, 6.07) is 10.3. The van der Waals surface area contributed by atoms with Gasteiger partial charge in [0.15, 0.2) is 0 Å². The number of rotatable bonds is 4. The van der Waals surface area contributed by atoms with E-state index in [1.165, 1.54) is 5.56 Å². The van der Waals surface area contributed by atoms with Crippen molar-refractivity contribution in [2.75, 3.05) is 12.7 Å². The van der Waals surface area contributed by atoms with Gasteiger partial charge in [-0.1, -0.05) is 54.1 Å². The highest BCUT2D eigenvalue weighted by molar-refractivity contribution is 6.17. The van der Waals surface area contributed by atoms with E-state index in [9.17, 15) is 0 Å². The summed E-state index contributed by atoms with van der Waals surface area (Å²) in [5.41, 5.74) is 1.18. The lowest BCUT2D eigenvalue weighted by Gasteiger charge is -1.92. The molecular weight excluding hydrogens is 172 g/mol. The number of benzene rings is 1. The van der Waals surface area contributed by atoms with Crippen molar-refractivity contribution in [3.8, 4) is 0 Å². The molecule has 0 N–H and O–H groups in total. The monoisotopic (exact) mass is 182 g/mol. The molecule has 0 aliphatic carbocycles. The molecule has 0 atom stereocenters. The van der Waals surface area contributed by atoms with Gasteiger partial charge in [0.05, 0.1) is 6.61 Å². The van der Waals surface area contributed by atoms with E-state index in [1.54, 1.807) is 0 Å². The van der Waals surface area contributed by atoms with Crippen LogP contribution in [0.1, 0.15) is 5.56 Å². The fraction of sp³-hybridized carbons (Fsp3) is 0.200. The van der Waals surface area contributed by atoms with E-state index >= 15 is 0 Å². The fourth-order valence-electron chi connectivity index (χ4n) is 0.861. The summed E-state index contributed by atoms with van der Waals surface area (Å²) < 4.78 is 4.93. The van der Waals surface area contributed by atoms with Crippen LogP contribution in [0.3, 0.4) is 0 Å². The van der Waals surface area contributed by atoms with Crippen LogP contribution in [0.4, 0.5) is 0 Å². The van der Waals surface area contributed by atoms with Gasteiger partial charge in [-0.25, -0.2) is 0 Å². The van der Waals surface area contributed by atoms with Crippen LogP contribution in [0, 0.1) is 0 Å². The van der Waals surface area contributed by atoms with Crippen LogP contribution in [-0.4, -0.2) is 12.7 Å². The number of hydrogen-bond donors (Lipinski definition) is 0. The topological polar surface area (TPSA) is 9.23 Å². The first-order valence-corrected chi connectivity index (χ1v) is 4.32. The van der Waals surface area contributed by atoms with Gasteiger partial charge in [0.2, 0.25) is 0 Å². The van der Waals surface area contributed by atoms with Crippen molar-refractivity contribution < 1.29 is 4.74 Å². The summed E-state index contributed by atoms with van der Waals surface area (Å²) in [6.45, 7) is 0.568. The van der Waals surface area contributed by atoms with Crippen LogP contribution >= 0.6 is 11.6 Å². The molecule has 0 amide bonds. The summed E-state index contributed by atoms with van der Waals surface area (Å²) in [7, 11) is 0. The zero-order valence-electron chi connectivity index (χ0n) is 6.74. The Hall–Kier alpha value is -0.790. The zero-order chi connectivity index (χ0) is 8.65. The molecule has 0 saturated carbocycles. The van der Waals surface area contributed by atoms with Crippen molar-refractivity contribution in [3.63, 3.8) is 0 Å². The van der Waals surface area contributed by atoms with E-state index in [0.717, 1.165) is 0 Å².